The molecule has 1 aliphatic carbocycles. The predicted molar refractivity (Wildman–Crippen MR) is 70.9 cm³/mol. The lowest BCUT2D eigenvalue weighted by molar-refractivity contribution is 0.0323. The Labute approximate surface area is 105 Å². The molecule has 4 heteroatoms. The highest BCUT2D eigenvalue weighted by Crippen LogP contribution is 2.42. The third kappa shape index (κ3) is 2.99. The van der Waals surface area contributed by atoms with Crippen LogP contribution in [0.15, 0.2) is 0 Å². The maximum absolute atomic E-state index is 3.45. The van der Waals surface area contributed by atoms with E-state index < -0.39 is 0 Å². The summed E-state index contributed by atoms with van der Waals surface area (Å²) in [5, 5.41) is 0. The molecule has 0 bridgehead atoms. The minimum Gasteiger partial charge on any atom is -0.241 e. The molecule has 2 rings (SSSR count). The van der Waals surface area contributed by atoms with Crippen LogP contribution in [0.1, 0.15) is 65.2 Å². The Morgan fingerprint density at radius 2 is 1.35 bits per heavy atom. The van der Waals surface area contributed by atoms with Crippen LogP contribution in [-0.4, -0.2) is 12.1 Å². The van der Waals surface area contributed by atoms with Gasteiger partial charge in [0.25, 0.3) is 0 Å². The Hall–Kier alpha value is -0.160. The second-order valence-electron chi connectivity index (χ2n) is 6.24. The molecule has 4 N–H and O–H groups in total. The first-order valence-electron chi connectivity index (χ1n) is 7.16. The standard InChI is InChI=1S/C13H28N4/c1-12(13(2)11-14-16-17-15-13)9-7-5-3-4-6-8-10-12/h14-17H,3-11H2,1-2H3. The van der Waals surface area contributed by atoms with Crippen molar-refractivity contribution >= 4 is 0 Å². The Kier molecular flexibility index (Phi) is 4.42. The van der Waals surface area contributed by atoms with E-state index in [0.29, 0.717) is 5.41 Å². The van der Waals surface area contributed by atoms with Crippen LogP contribution in [0.3, 0.4) is 0 Å². The van der Waals surface area contributed by atoms with Gasteiger partial charge in [0.15, 0.2) is 0 Å². The molecular weight excluding hydrogens is 212 g/mol. The molecular formula is C13H28N4. The summed E-state index contributed by atoms with van der Waals surface area (Å²) in [4.78, 5) is 0. The number of hydrogen-bond acceptors (Lipinski definition) is 4. The monoisotopic (exact) mass is 240 g/mol. The van der Waals surface area contributed by atoms with Gasteiger partial charge >= 0.3 is 0 Å². The van der Waals surface area contributed by atoms with E-state index in [1.807, 2.05) is 0 Å². The van der Waals surface area contributed by atoms with Crippen molar-refractivity contribution < 1.29 is 0 Å². The first kappa shape index (κ1) is 13.3. The predicted octanol–water partition coefficient (Wildman–Crippen LogP) is 2.00. The molecule has 1 heterocycles. The van der Waals surface area contributed by atoms with Crippen LogP contribution in [0, 0.1) is 5.41 Å². The lowest BCUT2D eigenvalue weighted by Crippen LogP contribution is -2.74. The molecule has 17 heavy (non-hydrogen) atoms. The average molecular weight is 240 g/mol. The van der Waals surface area contributed by atoms with Gasteiger partial charge in [-0.25, -0.2) is 10.9 Å². The van der Waals surface area contributed by atoms with Gasteiger partial charge < -0.3 is 0 Å². The van der Waals surface area contributed by atoms with E-state index >= 15 is 0 Å². The molecule has 1 aliphatic heterocycles. The fourth-order valence-electron chi connectivity index (χ4n) is 3.26. The fraction of sp³-hybridized carbons (Fsp3) is 1.00. The molecule has 100 valence electrons. The molecule has 1 unspecified atom stereocenters. The molecule has 0 aromatic heterocycles. The lowest BCUT2D eigenvalue weighted by atomic mass is 9.66. The number of rotatable bonds is 1. The molecule has 1 saturated carbocycles. The van der Waals surface area contributed by atoms with Gasteiger partial charge in [0.2, 0.25) is 0 Å². The van der Waals surface area contributed by atoms with Crippen LogP contribution >= 0.6 is 0 Å². The second-order valence-corrected chi connectivity index (χ2v) is 6.24. The van der Waals surface area contributed by atoms with Gasteiger partial charge in [-0.05, 0) is 25.2 Å². The molecule has 0 radical (unpaired) electrons. The maximum Gasteiger partial charge on any atom is 0.0501 e. The fourth-order valence-corrected chi connectivity index (χ4v) is 3.26. The Balaban J connectivity index is 2.06. The summed E-state index contributed by atoms with van der Waals surface area (Å²) in [6.45, 7) is 5.77. The molecule has 1 saturated heterocycles. The first-order chi connectivity index (χ1) is 8.16. The van der Waals surface area contributed by atoms with E-state index in [9.17, 15) is 0 Å². The van der Waals surface area contributed by atoms with Crippen molar-refractivity contribution in [3.05, 3.63) is 0 Å². The third-order valence-electron chi connectivity index (χ3n) is 4.97. The van der Waals surface area contributed by atoms with Crippen molar-refractivity contribution in [2.45, 2.75) is 70.8 Å². The first-order valence-corrected chi connectivity index (χ1v) is 7.16. The van der Waals surface area contributed by atoms with Crippen LogP contribution in [0.25, 0.3) is 0 Å². The second kappa shape index (κ2) is 5.65. The summed E-state index contributed by atoms with van der Waals surface area (Å²) < 4.78 is 0. The van der Waals surface area contributed by atoms with Gasteiger partial charge in [-0.1, -0.05) is 45.4 Å². The molecule has 4 nitrogen and oxygen atoms in total. The molecule has 0 spiro atoms. The van der Waals surface area contributed by atoms with Crippen molar-refractivity contribution in [3.8, 4) is 0 Å². The van der Waals surface area contributed by atoms with Gasteiger partial charge in [-0.3, -0.25) is 0 Å². The van der Waals surface area contributed by atoms with E-state index in [1.54, 1.807) is 0 Å². The Morgan fingerprint density at radius 3 is 1.88 bits per heavy atom. The molecule has 1 atom stereocenters. The largest absolute Gasteiger partial charge is 0.241 e. The smallest absolute Gasteiger partial charge is 0.0501 e. The lowest BCUT2D eigenvalue weighted by Gasteiger charge is -2.50. The van der Waals surface area contributed by atoms with Gasteiger partial charge in [0, 0.05) is 6.54 Å². The van der Waals surface area contributed by atoms with E-state index in [0.717, 1.165) is 6.54 Å². The average Bonchev–Trinajstić information content (AvgIpc) is 2.43. The normalized spacial score (nSPS) is 35.6. The van der Waals surface area contributed by atoms with Crippen LogP contribution < -0.4 is 21.9 Å². The zero-order valence-corrected chi connectivity index (χ0v) is 11.4. The van der Waals surface area contributed by atoms with Crippen molar-refractivity contribution in [2.24, 2.45) is 5.41 Å². The molecule has 0 aromatic carbocycles. The minimum atomic E-state index is 0.128. The summed E-state index contributed by atoms with van der Waals surface area (Å²) in [6.07, 6.45) is 11.1. The molecule has 2 fully saturated rings. The van der Waals surface area contributed by atoms with E-state index in [4.69, 9.17) is 0 Å². The SMILES string of the molecule is CC1(C2(C)CNNNN2)CCCCCCCC1. The Morgan fingerprint density at radius 1 is 0.765 bits per heavy atom. The van der Waals surface area contributed by atoms with Gasteiger partial charge in [-0.2, -0.15) is 11.1 Å². The number of nitrogens with one attached hydrogen (secondary N) is 4. The van der Waals surface area contributed by atoms with Crippen molar-refractivity contribution in [2.75, 3.05) is 6.54 Å². The molecule has 0 amide bonds. The zero-order valence-electron chi connectivity index (χ0n) is 11.4. The highest BCUT2D eigenvalue weighted by molar-refractivity contribution is 5.00. The van der Waals surface area contributed by atoms with Crippen molar-refractivity contribution in [1.29, 1.82) is 0 Å². The van der Waals surface area contributed by atoms with E-state index in [1.165, 1.54) is 51.4 Å². The summed E-state index contributed by atoms with van der Waals surface area (Å²) >= 11 is 0. The van der Waals surface area contributed by atoms with Gasteiger partial charge in [-0.15, -0.1) is 0 Å². The summed E-state index contributed by atoms with van der Waals surface area (Å²) in [5.74, 6) is 0. The minimum absolute atomic E-state index is 0.128. The van der Waals surface area contributed by atoms with Crippen LogP contribution in [-0.2, 0) is 0 Å². The van der Waals surface area contributed by atoms with Crippen LogP contribution in [0.2, 0.25) is 0 Å². The topological polar surface area (TPSA) is 48.1 Å². The summed E-state index contributed by atoms with van der Waals surface area (Å²) in [6, 6.07) is 0. The molecule has 0 aromatic rings. The molecule has 2 aliphatic rings. The number of hydrazine groups is 3. The van der Waals surface area contributed by atoms with Gasteiger partial charge in [0.1, 0.15) is 0 Å². The van der Waals surface area contributed by atoms with Crippen LogP contribution in [0.5, 0.6) is 0 Å². The van der Waals surface area contributed by atoms with E-state index in [2.05, 4.69) is 35.8 Å². The number of hydrogen-bond donors (Lipinski definition) is 4. The third-order valence-corrected chi connectivity index (χ3v) is 4.97. The Bertz CT molecular complexity index is 226. The van der Waals surface area contributed by atoms with Crippen LogP contribution in [0.4, 0.5) is 0 Å². The summed E-state index contributed by atoms with van der Waals surface area (Å²) in [7, 11) is 0. The highest BCUT2D eigenvalue weighted by Gasteiger charge is 2.44. The van der Waals surface area contributed by atoms with E-state index in [-0.39, 0.29) is 5.54 Å². The van der Waals surface area contributed by atoms with Crippen molar-refractivity contribution in [1.82, 2.24) is 21.9 Å². The zero-order chi connectivity index (χ0) is 12.2. The maximum atomic E-state index is 3.45. The van der Waals surface area contributed by atoms with Gasteiger partial charge in [0.05, 0.1) is 5.54 Å². The van der Waals surface area contributed by atoms with Crippen molar-refractivity contribution in [3.63, 3.8) is 0 Å². The highest BCUT2D eigenvalue weighted by atomic mass is 15.8. The summed E-state index contributed by atoms with van der Waals surface area (Å²) in [5.41, 5.74) is 13.1. The quantitative estimate of drug-likeness (QED) is 0.566.